The molecule has 0 saturated carbocycles. The second-order valence-electron chi connectivity index (χ2n) is 3.87. The van der Waals surface area contributed by atoms with Crippen molar-refractivity contribution in [2.24, 2.45) is 0 Å². The summed E-state index contributed by atoms with van der Waals surface area (Å²) in [6.07, 6.45) is -4.52. The highest BCUT2D eigenvalue weighted by Gasteiger charge is 2.29. The molecule has 12 heteroatoms. The van der Waals surface area contributed by atoms with Gasteiger partial charge >= 0.3 is 18.1 Å². The molecular formula is C10H12F3N3O6. The van der Waals surface area contributed by atoms with Crippen LogP contribution in [0.3, 0.4) is 0 Å². The van der Waals surface area contributed by atoms with Crippen molar-refractivity contribution in [2.45, 2.75) is 12.7 Å². The summed E-state index contributed by atoms with van der Waals surface area (Å²) in [5.41, 5.74) is -0.178. The number of halogens is 3. The van der Waals surface area contributed by atoms with Gasteiger partial charge in [-0.05, 0) is 0 Å². The number of carboxylic acid groups (broad SMARTS) is 1. The zero-order valence-corrected chi connectivity index (χ0v) is 11.2. The molecule has 1 rings (SSSR count). The minimum atomic E-state index is -4.52. The molecule has 22 heavy (non-hydrogen) atoms. The normalized spacial score (nSPS) is 11.3. The Bertz CT molecular complexity index is 557. The molecule has 0 aliphatic rings. The van der Waals surface area contributed by atoms with E-state index in [9.17, 15) is 22.8 Å². The van der Waals surface area contributed by atoms with Crippen LogP contribution in [0.25, 0.3) is 0 Å². The molecule has 0 aliphatic carbocycles. The van der Waals surface area contributed by atoms with Crippen molar-refractivity contribution in [3.05, 3.63) is 11.4 Å². The van der Waals surface area contributed by atoms with E-state index in [1.165, 1.54) is 5.48 Å². The number of ether oxygens (including phenoxy) is 2. The number of alkyl halides is 3. The number of nitrogens with one attached hydrogen (secondary N) is 1. The molecule has 0 spiro atoms. The fourth-order valence-electron chi connectivity index (χ4n) is 1.53. The highest BCUT2D eigenvalue weighted by molar-refractivity contribution is 6.01. The van der Waals surface area contributed by atoms with E-state index in [-0.39, 0.29) is 6.54 Å². The molecule has 0 radical (unpaired) electrons. The number of hydrogen-bond acceptors (Lipinski definition) is 7. The van der Waals surface area contributed by atoms with E-state index >= 15 is 0 Å². The summed E-state index contributed by atoms with van der Waals surface area (Å²) in [6.45, 7) is -2.40. The Hall–Kier alpha value is -2.34. The maximum atomic E-state index is 11.9. The molecule has 0 saturated heterocycles. The van der Waals surface area contributed by atoms with Gasteiger partial charge in [-0.1, -0.05) is 0 Å². The van der Waals surface area contributed by atoms with E-state index in [2.05, 4.69) is 14.6 Å². The number of hydrogen-bond donors (Lipinski definition) is 3. The standard InChI is InChI=1S/C10H12F3N3O6/c1-21-9(19)6-5(15-20)7(8(17)18)16(14-6)2-3-22-4-10(11,12)13/h15,20H,2-4H2,1H3,(H,17,18). The minimum absolute atomic E-state index is 0.386. The summed E-state index contributed by atoms with van der Waals surface area (Å²) in [7, 11) is 1.01. The first-order valence-electron chi connectivity index (χ1n) is 5.68. The lowest BCUT2D eigenvalue weighted by molar-refractivity contribution is -0.174. The minimum Gasteiger partial charge on any atom is -0.476 e. The maximum absolute atomic E-state index is 11.9. The summed E-state index contributed by atoms with van der Waals surface area (Å²) < 4.78 is 45.2. The number of anilines is 1. The molecule has 9 nitrogen and oxygen atoms in total. The Morgan fingerprint density at radius 1 is 1.41 bits per heavy atom. The van der Waals surface area contributed by atoms with Gasteiger partial charge in [0.2, 0.25) is 0 Å². The lowest BCUT2D eigenvalue weighted by Crippen LogP contribution is -2.20. The van der Waals surface area contributed by atoms with Gasteiger partial charge in [-0.15, -0.1) is 0 Å². The van der Waals surface area contributed by atoms with E-state index < -0.39 is 48.4 Å². The van der Waals surface area contributed by atoms with Gasteiger partial charge in [0.1, 0.15) is 12.3 Å². The predicted molar refractivity (Wildman–Crippen MR) is 62.8 cm³/mol. The van der Waals surface area contributed by atoms with Gasteiger partial charge in [-0.3, -0.25) is 15.4 Å². The van der Waals surface area contributed by atoms with Crippen LogP contribution in [0.15, 0.2) is 0 Å². The van der Waals surface area contributed by atoms with Gasteiger partial charge in [-0.2, -0.15) is 18.3 Å². The third-order valence-electron chi connectivity index (χ3n) is 2.36. The first-order valence-corrected chi connectivity index (χ1v) is 5.68. The molecular weight excluding hydrogens is 315 g/mol. The van der Waals surface area contributed by atoms with Crippen molar-refractivity contribution >= 4 is 17.6 Å². The number of aromatic nitrogens is 2. The van der Waals surface area contributed by atoms with Gasteiger partial charge in [0.15, 0.2) is 11.4 Å². The number of esters is 1. The number of rotatable bonds is 7. The van der Waals surface area contributed by atoms with Gasteiger partial charge in [0.25, 0.3) is 0 Å². The summed E-state index contributed by atoms with van der Waals surface area (Å²) in [5, 5.41) is 21.6. The quantitative estimate of drug-likeness (QED) is 0.381. The molecule has 1 aromatic rings. The second-order valence-corrected chi connectivity index (χ2v) is 3.87. The highest BCUT2D eigenvalue weighted by atomic mass is 19.4. The average Bonchev–Trinajstić information content (AvgIpc) is 2.80. The van der Waals surface area contributed by atoms with Crippen LogP contribution in [0.2, 0.25) is 0 Å². The van der Waals surface area contributed by atoms with Crippen molar-refractivity contribution in [3.63, 3.8) is 0 Å². The first-order chi connectivity index (χ1) is 10.2. The van der Waals surface area contributed by atoms with Crippen molar-refractivity contribution in [2.75, 3.05) is 25.8 Å². The van der Waals surface area contributed by atoms with E-state index in [1.807, 2.05) is 0 Å². The third-order valence-corrected chi connectivity index (χ3v) is 2.36. The predicted octanol–water partition coefficient (Wildman–Crippen LogP) is 0.748. The summed E-state index contributed by atoms with van der Waals surface area (Å²) >= 11 is 0. The monoisotopic (exact) mass is 327 g/mol. The maximum Gasteiger partial charge on any atom is 0.411 e. The lowest BCUT2D eigenvalue weighted by Gasteiger charge is -2.08. The van der Waals surface area contributed by atoms with Crippen molar-refractivity contribution in [1.82, 2.24) is 9.78 Å². The molecule has 0 aliphatic heterocycles. The van der Waals surface area contributed by atoms with E-state index in [1.54, 1.807) is 0 Å². The Labute approximate surface area is 121 Å². The largest absolute Gasteiger partial charge is 0.476 e. The van der Waals surface area contributed by atoms with Crippen LogP contribution in [0.5, 0.6) is 0 Å². The molecule has 0 amide bonds. The second kappa shape index (κ2) is 7.09. The third kappa shape index (κ3) is 4.33. The molecule has 124 valence electrons. The van der Waals surface area contributed by atoms with Gasteiger partial charge < -0.3 is 14.6 Å². The molecule has 0 bridgehead atoms. The average molecular weight is 327 g/mol. The Morgan fingerprint density at radius 3 is 2.50 bits per heavy atom. The summed E-state index contributed by atoms with van der Waals surface area (Å²) in [5.74, 6) is -2.59. The SMILES string of the molecule is COC(=O)c1nn(CCOCC(F)(F)F)c(C(=O)O)c1NO. The first kappa shape index (κ1) is 17.7. The number of carbonyl (C=O) groups excluding carboxylic acids is 1. The molecule has 0 unspecified atom stereocenters. The van der Waals surface area contributed by atoms with Crippen LogP contribution in [0.4, 0.5) is 18.9 Å². The highest BCUT2D eigenvalue weighted by Crippen LogP contribution is 2.21. The molecule has 1 heterocycles. The zero-order valence-electron chi connectivity index (χ0n) is 11.2. The van der Waals surface area contributed by atoms with Crippen LogP contribution < -0.4 is 5.48 Å². The fourth-order valence-corrected chi connectivity index (χ4v) is 1.53. The van der Waals surface area contributed by atoms with Gasteiger partial charge in [-0.25, -0.2) is 9.59 Å². The molecule has 0 fully saturated rings. The Morgan fingerprint density at radius 2 is 2.05 bits per heavy atom. The van der Waals surface area contributed by atoms with E-state index in [4.69, 9.17) is 10.3 Å². The van der Waals surface area contributed by atoms with Crippen molar-refractivity contribution in [3.8, 4) is 0 Å². The number of aromatic carboxylic acids is 1. The van der Waals surface area contributed by atoms with E-state index in [0.717, 1.165) is 7.11 Å². The number of methoxy groups -OCH3 is 1. The number of carboxylic acids is 1. The zero-order chi connectivity index (χ0) is 16.9. The lowest BCUT2D eigenvalue weighted by atomic mass is 10.3. The molecule has 0 atom stereocenters. The van der Waals surface area contributed by atoms with Crippen molar-refractivity contribution < 1.29 is 42.5 Å². The summed E-state index contributed by atoms with van der Waals surface area (Å²) in [6, 6.07) is 0. The number of nitrogens with zero attached hydrogens (tertiary/aromatic N) is 2. The molecule has 3 N–H and O–H groups in total. The Kier molecular flexibility index (Phi) is 5.70. The fraction of sp³-hybridized carbons (Fsp3) is 0.500. The van der Waals surface area contributed by atoms with Gasteiger partial charge in [0.05, 0.1) is 20.3 Å². The van der Waals surface area contributed by atoms with Gasteiger partial charge in [0, 0.05) is 0 Å². The Balaban J connectivity index is 2.96. The van der Waals surface area contributed by atoms with Crippen LogP contribution in [0.1, 0.15) is 21.0 Å². The van der Waals surface area contributed by atoms with Crippen LogP contribution in [0, 0.1) is 0 Å². The molecule has 1 aromatic heterocycles. The topological polar surface area (TPSA) is 123 Å². The van der Waals surface area contributed by atoms with Crippen LogP contribution in [-0.2, 0) is 16.0 Å². The number of carbonyl (C=O) groups is 2. The van der Waals surface area contributed by atoms with Crippen molar-refractivity contribution in [1.29, 1.82) is 0 Å². The van der Waals surface area contributed by atoms with E-state index in [0.29, 0.717) is 4.68 Å². The summed E-state index contributed by atoms with van der Waals surface area (Å²) in [4.78, 5) is 22.6. The smallest absolute Gasteiger partial charge is 0.411 e. The molecule has 0 aromatic carbocycles. The van der Waals surface area contributed by atoms with Crippen LogP contribution in [-0.4, -0.2) is 58.5 Å². The van der Waals surface area contributed by atoms with Crippen LogP contribution >= 0.6 is 0 Å².